The van der Waals surface area contributed by atoms with Crippen LogP contribution >= 0.6 is 11.6 Å². The van der Waals surface area contributed by atoms with Crippen molar-refractivity contribution >= 4 is 28.8 Å². The van der Waals surface area contributed by atoms with Crippen LogP contribution in [-0.4, -0.2) is 5.91 Å². The molecule has 0 atom stereocenters. The van der Waals surface area contributed by atoms with Crippen LogP contribution in [-0.2, 0) is 10.2 Å². The maximum atomic E-state index is 12.0. The third-order valence-electron chi connectivity index (χ3n) is 5.07. The standard InChI is InChI=1S/C20H18ClNO/c1-3-14-16-10-15(17(21)11-18(16)22-19(14)23)12-4-6-13(7-5-12)20(2)8-9-20/h3-7,10-11H,8-9H2,1-2H3,(H,22,23)/b14-3-. The van der Waals surface area contributed by atoms with E-state index in [2.05, 4.69) is 36.5 Å². The van der Waals surface area contributed by atoms with Crippen LogP contribution in [0.1, 0.15) is 37.8 Å². The number of rotatable bonds is 2. The molecule has 0 aromatic heterocycles. The predicted octanol–water partition coefficient (Wildman–Crippen LogP) is 5.41. The maximum absolute atomic E-state index is 12.0. The number of hydrogen-bond donors (Lipinski definition) is 1. The van der Waals surface area contributed by atoms with E-state index in [4.69, 9.17) is 11.6 Å². The van der Waals surface area contributed by atoms with Gasteiger partial charge in [-0.05, 0) is 48.4 Å². The van der Waals surface area contributed by atoms with Gasteiger partial charge in [-0.15, -0.1) is 0 Å². The summed E-state index contributed by atoms with van der Waals surface area (Å²) in [5.74, 6) is -0.0623. The van der Waals surface area contributed by atoms with Gasteiger partial charge in [0.25, 0.3) is 5.91 Å². The molecule has 2 nitrogen and oxygen atoms in total. The van der Waals surface area contributed by atoms with E-state index in [-0.39, 0.29) is 5.91 Å². The molecule has 1 amide bonds. The molecular formula is C20H18ClNO. The second-order valence-electron chi connectivity index (χ2n) is 6.67. The minimum Gasteiger partial charge on any atom is -0.321 e. The normalized spacial score (nSPS) is 19.6. The monoisotopic (exact) mass is 323 g/mol. The van der Waals surface area contributed by atoms with Gasteiger partial charge in [0.1, 0.15) is 0 Å². The predicted molar refractivity (Wildman–Crippen MR) is 95.8 cm³/mol. The van der Waals surface area contributed by atoms with E-state index in [1.54, 1.807) is 0 Å². The Hall–Kier alpha value is -2.06. The van der Waals surface area contributed by atoms with Gasteiger partial charge in [0.2, 0.25) is 0 Å². The zero-order valence-electron chi connectivity index (χ0n) is 13.2. The lowest BCUT2D eigenvalue weighted by molar-refractivity contribution is -0.110. The molecule has 1 heterocycles. The summed E-state index contributed by atoms with van der Waals surface area (Å²) in [5, 5.41) is 3.52. The van der Waals surface area contributed by atoms with Crippen molar-refractivity contribution in [2.45, 2.75) is 32.1 Å². The smallest absolute Gasteiger partial charge is 0.256 e. The van der Waals surface area contributed by atoms with Crippen LogP contribution in [0.2, 0.25) is 5.02 Å². The van der Waals surface area contributed by atoms with Crippen molar-refractivity contribution in [2.24, 2.45) is 0 Å². The molecule has 23 heavy (non-hydrogen) atoms. The molecule has 116 valence electrons. The van der Waals surface area contributed by atoms with Crippen LogP contribution in [0.25, 0.3) is 16.7 Å². The lowest BCUT2D eigenvalue weighted by atomic mass is 9.94. The van der Waals surface area contributed by atoms with E-state index in [1.807, 2.05) is 25.1 Å². The van der Waals surface area contributed by atoms with Crippen molar-refractivity contribution in [1.82, 2.24) is 0 Å². The summed E-state index contributed by atoms with van der Waals surface area (Å²) in [5.41, 5.74) is 6.24. The number of fused-ring (bicyclic) bond motifs is 1. The Morgan fingerprint density at radius 1 is 1.13 bits per heavy atom. The number of amides is 1. The lowest BCUT2D eigenvalue weighted by Gasteiger charge is -2.12. The van der Waals surface area contributed by atoms with Crippen molar-refractivity contribution in [1.29, 1.82) is 0 Å². The maximum Gasteiger partial charge on any atom is 0.256 e. The molecule has 1 fully saturated rings. The number of anilines is 1. The van der Waals surface area contributed by atoms with Gasteiger partial charge in [-0.1, -0.05) is 48.9 Å². The summed E-state index contributed by atoms with van der Waals surface area (Å²) in [7, 11) is 0. The summed E-state index contributed by atoms with van der Waals surface area (Å²) >= 11 is 6.45. The average molecular weight is 324 g/mol. The fourth-order valence-corrected chi connectivity index (χ4v) is 3.52. The first-order valence-electron chi connectivity index (χ1n) is 7.94. The minimum atomic E-state index is -0.0623. The number of hydrogen-bond acceptors (Lipinski definition) is 1. The second kappa shape index (κ2) is 4.97. The van der Waals surface area contributed by atoms with Crippen LogP contribution in [0.4, 0.5) is 5.69 Å². The molecule has 4 rings (SSSR count). The number of benzene rings is 2. The number of carbonyl (C=O) groups excluding carboxylic acids is 1. The first kappa shape index (κ1) is 14.5. The first-order chi connectivity index (χ1) is 11.0. The average Bonchev–Trinajstić information content (AvgIpc) is 3.21. The third kappa shape index (κ3) is 2.29. The SMILES string of the molecule is C/C=C1\C(=O)Nc2cc(Cl)c(-c3ccc(C4(C)CC4)cc3)cc21. The molecule has 2 aromatic rings. The van der Waals surface area contributed by atoms with Gasteiger partial charge in [-0.2, -0.15) is 0 Å². The zero-order valence-corrected chi connectivity index (χ0v) is 14.0. The first-order valence-corrected chi connectivity index (χ1v) is 8.32. The Labute approximate surface area is 141 Å². The number of carbonyl (C=O) groups is 1. The molecule has 0 unspecified atom stereocenters. The molecule has 3 heteroatoms. The molecule has 1 aliphatic heterocycles. The molecule has 0 radical (unpaired) electrons. The Morgan fingerprint density at radius 2 is 1.83 bits per heavy atom. The minimum absolute atomic E-state index is 0.0623. The van der Waals surface area contributed by atoms with Gasteiger partial charge < -0.3 is 5.32 Å². The van der Waals surface area contributed by atoms with Gasteiger partial charge in [0.15, 0.2) is 0 Å². The Balaban J connectivity index is 1.78. The van der Waals surface area contributed by atoms with E-state index >= 15 is 0 Å². The largest absolute Gasteiger partial charge is 0.321 e. The Morgan fingerprint density at radius 3 is 2.43 bits per heavy atom. The van der Waals surface area contributed by atoms with Crippen molar-refractivity contribution < 1.29 is 4.79 Å². The fourth-order valence-electron chi connectivity index (χ4n) is 3.25. The summed E-state index contributed by atoms with van der Waals surface area (Å²) in [6.45, 7) is 4.18. The van der Waals surface area contributed by atoms with Gasteiger partial charge in [0, 0.05) is 16.7 Å². The van der Waals surface area contributed by atoms with Gasteiger partial charge >= 0.3 is 0 Å². The summed E-state index contributed by atoms with van der Waals surface area (Å²) in [6, 6.07) is 12.5. The Kier molecular flexibility index (Phi) is 3.14. The Bertz CT molecular complexity index is 845. The van der Waals surface area contributed by atoms with Crippen LogP contribution in [0.5, 0.6) is 0 Å². The molecule has 1 saturated carbocycles. The quantitative estimate of drug-likeness (QED) is 0.735. The number of halogens is 1. The summed E-state index contributed by atoms with van der Waals surface area (Å²) < 4.78 is 0. The van der Waals surface area contributed by atoms with Crippen molar-refractivity contribution in [3.05, 3.63) is 58.6 Å². The van der Waals surface area contributed by atoms with Crippen LogP contribution < -0.4 is 5.32 Å². The van der Waals surface area contributed by atoms with Crippen molar-refractivity contribution in [2.75, 3.05) is 5.32 Å². The molecular weight excluding hydrogens is 306 g/mol. The summed E-state index contributed by atoms with van der Waals surface area (Å²) in [4.78, 5) is 12.0. The van der Waals surface area contributed by atoms with E-state index in [0.717, 1.165) is 22.4 Å². The van der Waals surface area contributed by atoms with E-state index in [0.29, 0.717) is 16.0 Å². The molecule has 1 aliphatic carbocycles. The van der Waals surface area contributed by atoms with E-state index in [9.17, 15) is 4.79 Å². The van der Waals surface area contributed by atoms with Gasteiger partial charge in [0.05, 0.1) is 10.7 Å². The van der Waals surface area contributed by atoms with Crippen molar-refractivity contribution in [3.8, 4) is 11.1 Å². The molecule has 2 aliphatic rings. The summed E-state index contributed by atoms with van der Waals surface area (Å²) in [6.07, 6.45) is 4.38. The van der Waals surface area contributed by atoms with Crippen LogP contribution in [0.15, 0.2) is 42.5 Å². The molecule has 0 spiro atoms. The lowest BCUT2D eigenvalue weighted by Crippen LogP contribution is -2.03. The van der Waals surface area contributed by atoms with Gasteiger partial charge in [-0.25, -0.2) is 0 Å². The number of allylic oxidation sites excluding steroid dienone is 1. The highest BCUT2D eigenvalue weighted by molar-refractivity contribution is 6.36. The highest BCUT2D eigenvalue weighted by Gasteiger charge is 2.38. The van der Waals surface area contributed by atoms with E-state index < -0.39 is 0 Å². The molecule has 0 saturated heterocycles. The molecule has 0 bridgehead atoms. The number of nitrogens with one attached hydrogen (secondary N) is 1. The second-order valence-corrected chi connectivity index (χ2v) is 7.08. The fraction of sp³-hybridized carbons (Fsp3) is 0.250. The molecule has 1 N–H and O–H groups in total. The highest BCUT2D eigenvalue weighted by atomic mass is 35.5. The zero-order chi connectivity index (χ0) is 16.2. The van der Waals surface area contributed by atoms with Gasteiger partial charge in [-0.3, -0.25) is 4.79 Å². The highest BCUT2D eigenvalue weighted by Crippen LogP contribution is 2.48. The van der Waals surface area contributed by atoms with Crippen molar-refractivity contribution in [3.63, 3.8) is 0 Å². The van der Waals surface area contributed by atoms with E-state index in [1.165, 1.54) is 18.4 Å². The molecule has 2 aromatic carbocycles. The van der Waals surface area contributed by atoms with Crippen LogP contribution in [0.3, 0.4) is 0 Å². The van der Waals surface area contributed by atoms with Crippen LogP contribution in [0, 0.1) is 0 Å². The third-order valence-corrected chi connectivity index (χ3v) is 5.38. The topological polar surface area (TPSA) is 29.1 Å².